The van der Waals surface area contributed by atoms with Crippen LogP contribution in [0.2, 0.25) is 23.3 Å². The van der Waals surface area contributed by atoms with E-state index in [1.54, 1.807) is 0 Å². The van der Waals surface area contributed by atoms with Crippen molar-refractivity contribution in [3.05, 3.63) is 88.0 Å². The van der Waals surface area contributed by atoms with Crippen molar-refractivity contribution in [3.63, 3.8) is 0 Å². The molecule has 3 rings (SSSR count). The number of nitrogens with zero attached hydrogens (tertiary/aromatic N) is 2. The number of hydrogen-bond donors (Lipinski definition) is 1. The van der Waals surface area contributed by atoms with Gasteiger partial charge < -0.3 is 19.0 Å². The van der Waals surface area contributed by atoms with Gasteiger partial charge in [0, 0.05) is 19.5 Å². The first-order valence-electron chi connectivity index (χ1n) is 14.3. The van der Waals surface area contributed by atoms with E-state index in [1.165, 1.54) is 7.11 Å². The number of aryl methyl sites for hydroxylation is 1. The molecule has 0 aliphatic carbocycles. The lowest BCUT2D eigenvalue weighted by Crippen LogP contribution is -2.40. The van der Waals surface area contributed by atoms with Crippen LogP contribution in [0.5, 0.6) is 0 Å². The zero-order valence-electron chi connectivity index (χ0n) is 25.2. The molecule has 0 radical (unpaired) electrons. The van der Waals surface area contributed by atoms with Gasteiger partial charge in [-0.25, -0.2) is 4.98 Å². The molecule has 1 N–H and O–H groups in total. The largest absolute Gasteiger partial charge is 0.468 e. The van der Waals surface area contributed by atoms with Crippen LogP contribution in [0.3, 0.4) is 0 Å². The number of imidazole rings is 1. The number of ether oxygens (including phenoxy) is 1. The summed E-state index contributed by atoms with van der Waals surface area (Å²) in [5, 5.41) is 4.03. The van der Waals surface area contributed by atoms with Crippen molar-refractivity contribution in [2.75, 3.05) is 7.11 Å². The molecule has 0 amide bonds. The Kier molecular flexibility index (Phi) is 11.6. The molecule has 0 bridgehead atoms. The average molecular weight is 584 g/mol. The van der Waals surface area contributed by atoms with E-state index in [2.05, 4.69) is 74.9 Å². The molecule has 1 heterocycles. The number of unbranched alkanes of at least 4 members (excludes halogenated alkanes) is 1. The van der Waals surface area contributed by atoms with Crippen molar-refractivity contribution in [3.8, 4) is 0 Å². The summed E-state index contributed by atoms with van der Waals surface area (Å²) in [5.41, 5.74) is 4.30. The number of benzene rings is 2. The molecule has 0 spiro atoms. The highest BCUT2D eigenvalue weighted by Crippen LogP contribution is 2.37. The van der Waals surface area contributed by atoms with E-state index in [4.69, 9.17) is 25.7 Å². The van der Waals surface area contributed by atoms with Crippen LogP contribution in [-0.4, -0.2) is 37.0 Å². The third-order valence-electron chi connectivity index (χ3n) is 7.92. The van der Waals surface area contributed by atoms with Gasteiger partial charge in [0.25, 0.3) is 0 Å². The maximum Gasteiger partial charge on any atom is 0.323 e. The van der Waals surface area contributed by atoms with Gasteiger partial charge in [-0.1, -0.05) is 100 Å². The smallest absolute Gasteiger partial charge is 0.323 e. The maximum atomic E-state index is 12.4. The van der Waals surface area contributed by atoms with Gasteiger partial charge in [0.2, 0.25) is 0 Å². The summed E-state index contributed by atoms with van der Waals surface area (Å²) < 4.78 is 13.8. The first kappa shape index (κ1) is 32.1. The summed E-state index contributed by atoms with van der Waals surface area (Å²) >= 11 is 6.69. The lowest BCUT2D eigenvalue weighted by molar-refractivity contribution is -0.143. The number of aromatic nitrogens is 2. The third-order valence-corrected chi connectivity index (χ3v) is 12.7. The molecule has 0 fully saturated rings. The fourth-order valence-electron chi connectivity index (χ4n) is 4.24. The first-order valence-corrected chi connectivity index (χ1v) is 17.5. The number of nitrogens with one attached hydrogen (secondary N) is 1. The van der Waals surface area contributed by atoms with Crippen LogP contribution < -0.4 is 5.32 Å². The van der Waals surface area contributed by atoms with E-state index in [1.807, 2.05) is 30.3 Å². The Morgan fingerprint density at radius 3 is 2.30 bits per heavy atom. The molecule has 1 atom stereocenters. The van der Waals surface area contributed by atoms with E-state index in [-0.39, 0.29) is 11.0 Å². The average Bonchev–Trinajstić information content (AvgIpc) is 3.22. The number of carbonyl (C=O) groups is 1. The van der Waals surface area contributed by atoms with Crippen molar-refractivity contribution < 1.29 is 14.0 Å². The highest BCUT2D eigenvalue weighted by molar-refractivity contribution is 6.74. The predicted octanol–water partition coefficient (Wildman–Crippen LogP) is 7.32. The minimum absolute atomic E-state index is 0.118. The van der Waals surface area contributed by atoms with E-state index in [0.717, 1.165) is 47.5 Å². The Morgan fingerprint density at radius 1 is 1.05 bits per heavy atom. The standard InChI is InChI=1S/C32H46ClN3O3Si/c1-8-9-15-29-35-30(33)28(23-39-40(6,7)32(2,3)4)36(29)22-26-18-16-25(17-19-26)21-34-27(31(37)38-5)20-24-13-11-10-12-14-24/h10-14,16-19,27,34H,8-9,15,20-23H2,1-7H3/t27-/m1/s1. The molecule has 0 unspecified atom stereocenters. The van der Waals surface area contributed by atoms with E-state index in [0.29, 0.717) is 31.3 Å². The van der Waals surface area contributed by atoms with Crippen LogP contribution in [0.1, 0.15) is 68.7 Å². The maximum absolute atomic E-state index is 12.4. The lowest BCUT2D eigenvalue weighted by atomic mass is 10.1. The molecule has 6 nitrogen and oxygen atoms in total. The molecule has 1 aromatic heterocycles. The summed E-state index contributed by atoms with van der Waals surface area (Å²) in [6.45, 7) is 15.2. The molecule has 2 aromatic carbocycles. The van der Waals surface area contributed by atoms with Crippen molar-refractivity contribution in [1.82, 2.24) is 14.9 Å². The summed E-state index contributed by atoms with van der Waals surface area (Å²) in [7, 11) is -0.513. The monoisotopic (exact) mass is 583 g/mol. The molecule has 0 aliphatic heterocycles. The topological polar surface area (TPSA) is 65.4 Å². The Balaban J connectivity index is 1.73. The molecule has 218 valence electrons. The molecule has 0 saturated heterocycles. The molecule has 40 heavy (non-hydrogen) atoms. The highest BCUT2D eigenvalue weighted by Gasteiger charge is 2.37. The van der Waals surface area contributed by atoms with Crippen LogP contribution in [0.15, 0.2) is 54.6 Å². The Labute approximate surface area is 246 Å². The SMILES string of the molecule is CCCCc1nc(Cl)c(CO[Si](C)(C)C(C)(C)C)n1Cc1ccc(CN[C@H](Cc2ccccc2)C(=O)OC)cc1. The van der Waals surface area contributed by atoms with Gasteiger partial charge in [-0.15, -0.1) is 0 Å². The summed E-state index contributed by atoms with van der Waals surface area (Å²) in [6, 6.07) is 18.1. The lowest BCUT2D eigenvalue weighted by Gasteiger charge is -2.36. The van der Waals surface area contributed by atoms with Gasteiger partial charge in [0.05, 0.1) is 19.4 Å². The van der Waals surface area contributed by atoms with Gasteiger partial charge in [-0.3, -0.25) is 4.79 Å². The number of methoxy groups -OCH3 is 1. The second-order valence-corrected chi connectivity index (χ2v) is 17.1. The fraction of sp³-hybridized carbons (Fsp3) is 0.500. The second-order valence-electron chi connectivity index (χ2n) is 12.0. The molecular formula is C32H46ClN3O3Si. The Morgan fingerprint density at radius 2 is 1.70 bits per heavy atom. The van der Waals surface area contributed by atoms with Crippen LogP contribution in [-0.2, 0) is 46.5 Å². The van der Waals surface area contributed by atoms with Crippen LogP contribution in [0.4, 0.5) is 0 Å². The minimum atomic E-state index is -1.94. The predicted molar refractivity (Wildman–Crippen MR) is 166 cm³/mol. The summed E-state index contributed by atoms with van der Waals surface area (Å²) in [6.07, 6.45) is 3.62. The normalized spacial score (nSPS) is 12.9. The molecule has 0 aliphatic rings. The minimum Gasteiger partial charge on any atom is -0.468 e. The van der Waals surface area contributed by atoms with E-state index in [9.17, 15) is 4.79 Å². The highest BCUT2D eigenvalue weighted by atomic mass is 35.5. The van der Waals surface area contributed by atoms with Crippen molar-refractivity contribution in [2.45, 2.75) is 97.2 Å². The third kappa shape index (κ3) is 8.77. The number of halogens is 1. The van der Waals surface area contributed by atoms with Crippen LogP contribution in [0, 0.1) is 0 Å². The summed E-state index contributed by atoms with van der Waals surface area (Å²) in [5.74, 6) is 0.748. The van der Waals surface area contributed by atoms with Gasteiger partial charge >= 0.3 is 5.97 Å². The number of hydrogen-bond acceptors (Lipinski definition) is 5. The van der Waals surface area contributed by atoms with Gasteiger partial charge in [0.15, 0.2) is 13.5 Å². The number of rotatable bonds is 14. The molecule has 0 saturated carbocycles. The second kappa shape index (κ2) is 14.4. The van der Waals surface area contributed by atoms with Gasteiger partial charge in [0.1, 0.15) is 11.9 Å². The number of carbonyl (C=O) groups excluding carboxylic acids is 1. The molecule has 8 heteroatoms. The van der Waals surface area contributed by atoms with Gasteiger partial charge in [-0.2, -0.15) is 0 Å². The van der Waals surface area contributed by atoms with Crippen molar-refractivity contribution in [2.24, 2.45) is 0 Å². The first-order chi connectivity index (χ1) is 18.9. The number of esters is 1. The summed E-state index contributed by atoms with van der Waals surface area (Å²) in [4.78, 5) is 17.1. The Hall–Kier alpha value is -2.45. The molecular weight excluding hydrogens is 538 g/mol. The zero-order chi connectivity index (χ0) is 29.3. The van der Waals surface area contributed by atoms with Gasteiger partial charge in [-0.05, 0) is 47.7 Å². The van der Waals surface area contributed by atoms with E-state index >= 15 is 0 Å². The van der Waals surface area contributed by atoms with Crippen LogP contribution in [0.25, 0.3) is 0 Å². The molecule has 3 aromatic rings. The zero-order valence-corrected chi connectivity index (χ0v) is 27.0. The van der Waals surface area contributed by atoms with Crippen molar-refractivity contribution >= 4 is 25.9 Å². The Bertz CT molecular complexity index is 1220. The van der Waals surface area contributed by atoms with E-state index < -0.39 is 14.4 Å². The van der Waals surface area contributed by atoms with Crippen molar-refractivity contribution in [1.29, 1.82) is 0 Å². The van der Waals surface area contributed by atoms with Crippen LogP contribution >= 0.6 is 11.6 Å². The fourth-order valence-corrected chi connectivity index (χ4v) is 5.42. The quantitative estimate of drug-likeness (QED) is 0.159.